The Hall–Kier alpha value is -0.460. The van der Waals surface area contributed by atoms with Crippen molar-refractivity contribution in [2.45, 2.75) is 38.6 Å². The largest absolute Gasteiger partial charge is 0.377 e. The number of fused-ring (bicyclic) bond motifs is 1. The first kappa shape index (κ1) is 7.20. The summed E-state index contributed by atoms with van der Waals surface area (Å²) in [7, 11) is 2.22. The van der Waals surface area contributed by atoms with Gasteiger partial charge < -0.3 is 4.90 Å². The Kier molecular flexibility index (Phi) is 1.67. The van der Waals surface area contributed by atoms with E-state index in [9.17, 15) is 0 Å². The molecule has 0 N–H and O–H groups in total. The summed E-state index contributed by atoms with van der Waals surface area (Å²) in [6.45, 7) is 2.28. The molecule has 0 radical (unpaired) electrons. The molecule has 1 fully saturated rings. The van der Waals surface area contributed by atoms with E-state index in [1.807, 2.05) is 0 Å². The molecule has 1 saturated carbocycles. The summed E-state index contributed by atoms with van der Waals surface area (Å²) in [5, 5.41) is 0. The van der Waals surface area contributed by atoms with E-state index in [2.05, 4.69) is 25.1 Å². The molecule has 1 heteroatoms. The van der Waals surface area contributed by atoms with E-state index in [0.717, 1.165) is 12.0 Å². The summed E-state index contributed by atoms with van der Waals surface area (Å²) < 4.78 is 0. The van der Waals surface area contributed by atoms with Crippen molar-refractivity contribution < 1.29 is 0 Å². The topological polar surface area (TPSA) is 3.24 Å². The molecule has 2 aliphatic rings. The molecular weight excluding hydrogens is 134 g/mol. The van der Waals surface area contributed by atoms with Gasteiger partial charge in [-0.2, -0.15) is 0 Å². The van der Waals surface area contributed by atoms with E-state index in [-0.39, 0.29) is 0 Å². The number of rotatable bonds is 0. The van der Waals surface area contributed by atoms with Crippen LogP contribution >= 0.6 is 0 Å². The number of hydrogen-bond acceptors (Lipinski definition) is 1. The van der Waals surface area contributed by atoms with Crippen molar-refractivity contribution in [3.05, 3.63) is 11.8 Å². The highest BCUT2D eigenvalue weighted by Gasteiger charge is 2.32. The van der Waals surface area contributed by atoms with E-state index < -0.39 is 0 Å². The van der Waals surface area contributed by atoms with Crippen molar-refractivity contribution in [2.75, 3.05) is 7.05 Å². The maximum absolute atomic E-state index is 2.42. The van der Waals surface area contributed by atoms with Crippen LogP contribution in [0.15, 0.2) is 11.8 Å². The van der Waals surface area contributed by atoms with Crippen LogP contribution in [0, 0.1) is 5.92 Å². The zero-order valence-corrected chi connectivity index (χ0v) is 7.51. The molecule has 0 amide bonds. The average molecular weight is 151 g/mol. The molecule has 62 valence electrons. The van der Waals surface area contributed by atoms with Crippen LogP contribution in [0.3, 0.4) is 0 Å². The summed E-state index contributed by atoms with van der Waals surface area (Å²) in [5.74, 6) is 0.897. The van der Waals surface area contributed by atoms with Gasteiger partial charge in [0.2, 0.25) is 0 Å². The Morgan fingerprint density at radius 1 is 1.36 bits per heavy atom. The maximum Gasteiger partial charge on any atom is 0.0347 e. The summed E-state index contributed by atoms with van der Waals surface area (Å²) >= 11 is 0. The van der Waals surface area contributed by atoms with Crippen LogP contribution < -0.4 is 0 Å². The van der Waals surface area contributed by atoms with Crippen LogP contribution in [0.4, 0.5) is 0 Å². The molecule has 0 aromatic carbocycles. The first-order valence-electron chi connectivity index (χ1n) is 4.69. The lowest BCUT2D eigenvalue weighted by atomic mass is 9.82. The van der Waals surface area contributed by atoms with Crippen LogP contribution in [0.1, 0.15) is 32.6 Å². The molecule has 2 unspecified atom stereocenters. The Morgan fingerprint density at radius 2 is 2.09 bits per heavy atom. The summed E-state index contributed by atoms with van der Waals surface area (Å²) in [6.07, 6.45) is 8.06. The van der Waals surface area contributed by atoms with Crippen LogP contribution in [-0.2, 0) is 0 Å². The molecule has 1 aliphatic carbocycles. The van der Waals surface area contributed by atoms with Gasteiger partial charge in [0, 0.05) is 19.0 Å². The first-order chi connectivity index (χ1) is 5.29. The predicted molar refractivity (Wildman–Crippen MR) is 47.3 cm³/mol. The third kappa shape index (κ3) is 1.07. The average Bonchev–Trinajstić information content (AvgIpc) is 2.30. The molecule has 0 spiro atoms. The van der Waals surface area contributed by atoms with Crippen molar-refractivity contribution in [1.29, 1.82) is 0 Å². The minimum atomic E-state index is 0.851. The monoisotopic (exact) mass is 151 g/mol. The fourth-order valence-electron chi connectivity index (χ4n) is 2.64. The minimum Gasteiger partial charge on any atom is -0.377 e. The zero-order valence-electron chi connectivity index (χ0n) is 7.51. The molecule has 0 aromatic rings. The minimum absolute atomic E-state index is 0.851. The fraction of sp³-hybridized carbons (Fsp3) is 0.800. The predicted octanol–water partition coefficient (Wildman–Crippen LogP) is 2.39. The van der Waals surface area contributed by atoms with Gasteiger partial charge in [-0.25, -0.2) is 0 Å². The standard InChI is InChI=1S/C10H17N/c1-8-7-11(2)10-6-4-3-5-9(8)10/h7,9-10H,3-6H2,1-2H3. The summed E-state index contributed by atoms with van der Waals surface area (Å²) in [6, 6.07) is 0.851. The smallest absolute Gasteiger partial charge is 0.0347 e. The van der Waals surface area contributed by atoms with Gasteiger partial charge in [0.25, 0.3) is 0 Å². The molecule has 0 aromatic heterocycles. The Morgan fingerprint density at radius 3 is 2.82 bits per heavy atom. The van der Waals surface area contributed by atoms with E-state index in [1.54, 1.807) is 5.57 Å². The molecule has 2 rings (SSSR count). The Labute approximate surface area is 69.1 Å². The van der Waals surface area contributed by atoms with E-state index in [1.165, 1.54) is 25.7 Å². The van der Waals surface area contributed by atoms with Crippen LogP contribution in [-0.4, -0.2) is 18.0 Å². The van der Waals surface area contributed by atoms with Gasteiger partial charge >= 0.3 is 0 Å². The SMILES string of the molecule is CC1=CN(C)C2CCCCC12. The van der Waals surface area contributed by atoms with Crippen molar-refractivity contribution in [3.8, 4) is 0 Å². The van der Waals surface area contributed by atoms with Gasteiger partial charge in [0.1, 0.15) is 0 Å². The molecule has 1 nitrogen and oxygen atoms in total. The zero-order chi connectivity index (χ0) is 7.84. The highest BCUT2D eigenvalue weighted by molar-refractivity contribution is 5.15. The van der Waals surface area contributed by atoms with Crippen molar-refractivity contribution in [3.63, 3.8) is 0 Å². The summed E-state index contributed by atoms with van der Waals surface area (Å²) in [4.78, 5) is 2.42. The lowest BCUT2D eigenvalue weighted by Crippen LogP contribution is -2.31. The maximum atomic E-state index is 2.42. The van der Waals surface area contributed by atoms with Gasteiger partial charge in [0.15, 0.2) is 0 Å². The van der Waals surface area contributed by atoms with Crippen molar-refractivity contribution in [2.24, 2.45) is 5.92 Å². The quantitative estimate of drug-likeness (QED) is 0.514. The lowest BCUT2D eigenvalue weighted by molar-refractivity contribution is 0.229. The second-order valence-electron chi connectivity index (χ2n) is 4.00. The van der Waals surface area contributed by atoms with E-state index >= 15 is 0 Å². The van der Waals surface area contributed by atoms with Crippen LogP contribution in [0.5, 0.6) is 0 Å². The molecule has 0 bridgehead atoms. The Bertz CT molecular complexity index is 183. The molecule has 2 atom stereocenters. The molecule has 11 heavy (non-hydrogen) atoms. The number of hydrogen-bond donors (Lipinski definition) is 0. The van der Waals surface area contributed by atoms with Gasteiger partial charge in [-0.05, 0) is 26.0 Å². The van der Waals surface area contributed by atoms with Gasteiger partial charge in [-0.15, -0.1) is 0 Å². The Balaban J connectivity index is 2.14. The normalized spacial score (nSPS) is 36.9. The lowest BCUT2D eigenvalue weighted by Gasteiger charge is -2.31. The van der Waals surface area contributed by atoms with Crippen LogP contribution in [0.25, 0.3) is 0 Å². The van der Waals surface area contributed by atoms with Gasteiger partial charge in [-0.3, -0.25) is 0 Å². The van der Waals surface area contributed by atoms with E-state index in [0.29, 0.717) is 0 Å². The third-order valence-electron chi connectivity index (χ3n) is 3.24. The molecular formula is C10H17N. The highest BCUT2D eigenvalue weighted by atomic mass is 15.1. The van der Waals surface area contributed by atoms with Crippen molar-refractivity contribution >= 4 is 0 Å². The third-order valence-corrected chi connectivity index (χ3v) is 3.24. The summed E-state index contributed by atoms with van der Waals surface area (Å²) in [5.41, 5.74) is 1.61. The molecule has 1 aliphatic heterocycles. The molecule has 0 saturated heterocycles. The van der Waals surface area contributed by atoms with E-state index in [4.69, 9.17) is 0 Å². The van der Waals surface area contributed by atoms with Crippen molar-refractivity contribution in [1.82, 2.24) is 4.90 Å². The number of nitrogens with zero attached hydrogens (tertiary/aromatic N) is 1. The molecule has 1 heterocycles. The van der Waals surface area contributed by atoms with Gasteiger partial charge in [0.05, 0.1) is 0 Å². The van der Waals surface area contributed by atoms with Gasteiger partial charge in [-0.1, -0.05) is 18.4 Å². The fourth-order valence-corrected chi connectivity index (χ4v) is 2.64. The first-order valence-corrected chi connectivity index (χ1v) is 4.69. The second kappa shape index (κ2) is 2.54. The highest BCUT2D eigenvalue weighted by Crippen LogP contribution is 2.37. The van der Waals surface area contributed by atoms with Crippen LogP contribution in [0.2, 0.25) is 0 Å². The second-order valence-corrected chi connectivity index (χ2v) is 4.00.